The zero-order chi connectivity index (χ0) is 28.9. The number of pyridine rings is 1. The SMILES string of the molecule is COc1cc(-c2cc(C(=O)N3CCC(C(N)=O)CC34CC4C3CCC(CC#N)(C(F)(F)F)CC3)[nH]n2)c(F)cn1. The van der Waals surface area contributed by atoms with Crippen LogP contribution in [0, 0.1) is 40.3 Å². The van der Waals surface area contributed by atoms with Crippen LogP contribution in [-0.4, -0.2) is 57.3 Å². The van der Waals surface area contributed by atoms with E-state index in [-0.39, 0.29) is 72.8 Å². The van der Waals surface area contributed by atoms with Gasteiger partial charge in [0.15, 0.2) is 5.82 Å². The van der Waals surface area contributed by atoms with Crippen molar-refractivity contribution >= 4 is 11.8 Å². The number of piperidine rings is 1. The summed E-state index contributed by atoms with van der Waals surface area (Å²) in [4.78, 5) is 31.4. The second kappa shape index (κ2) is 10.1. The van der Waals surface area contributed by atoms with Crippen molar-refractivity contribution < 1.29 is 31.9 Å². The van der Waals surface area contributed by atoms with Gasteiger partial charge in [0.1, 0.15) is 5.69 Å². The molecule has 2 aliphatic carbocycles. The van der Waals surface area contributed by atoms with E-state index in [0.717, 1.165) is 6.20 Å². The minimum absolute atomic E-state index is 0.0770. The van der Waals surface area contributed by atoms with E-state index >= 15 is 0 Å². The second-order valence-corrected chi connectivity index (χ2v) is 11.3. The minimum atomic E-state index is -4.46. The van der Waals surface area contributed by atoms with Crippen molar-refractivity contribution in [2.75, 3.05) is 13.7 Å². The van der Waals surface area contributed by atoms with E-state index in [1.54, 1.807) is 11.0 Å². The van der Waals surface area contributed by atoms with Gasteiger partial charge in [0.05, 0.1) is 30.5 Å². The van der Waals surface area contributed by atoms with Crippen molar-refractivity contribution in [1.29, 1.82) is 5.26 Å². The van der Waals surface area contributed by atoms with Gasteiger partial charge in [-0.15, -0.1) is 0 Å². The number of H-pyrrole nitrogens is 1. The molecule has 1 saturated heterocycles. The number of ether oxygens (including phenoxy) is 1. The summed E-state index contributed by atoms with van der Waals surface area (Å²) in [6.07, 6.45) is -2.47. The molecule has 40 heavy (non-hydrogen) atoms. The Morgan fingerprint density at radius 2 is 1.98 bits per heavy atom. The molecule has 2 aromatic rings. The smallest absolute Gasteiger partial charge is 0.395 e. The number of nitrogens with one attached hydrogen (secondary N) is 1. The van der Waals surface area contributed by atoms with Gasteiger partial charge in [-0.2, -0.15) is 23.5 Å². The number of nitriles is 1. The number of carbonyl (C=O) groups is 2. The van der Waals surface area contributed by atoms with E-state index in [1.807, 2.05) is 0 Å². The number of hydrogen-bond donors (Lipinski definition) is 2. The van der Waals surface area contributed by atoms with Gasteiger partial charge in [0, 0.05) is 36.1 Å². The predicted molar refractivity (Wildman–Crippen MR) is 133 cm³/mol. The molecule has 0 bridgehead atoms. The normalized spacial score (nSPS) is 30.1. The summed E-state index contributed by atoms with van der Waals surface area (Å²) in [7, 11) is 1.39. The molecular formula is C27H30F4N6O3. The Balaban J connectivity index is 1.38. The lowest BCUT2D eigenvalue weighted by atomic mass is 9.66. The highest BCUT2D eigenvalue weighted by Gasteiger charge is 2.66. The quantitative estimate of drug-likeness (QED) is 0.502. The van der Waals surface area contributed by atoms with Crippen LogP contribution in [0.15, 0.2) is 18.3 Å². The maximum absolute atomic E-state index is 14.4. The van der Waals surface area contributed by atoms with E-state index in [2.05, 4.69) is 15.2 Å². The number of likely N-dealkylation sites (tertiary alicyclic amines) is 1. The molecule has 2 saturated carbocycles. The van der Waals surface area contributed by atoms with Crippen molar-refractivity contribution in [1.82, 2.24) is 20.1 Å². The molecule has 3 aliphatic rings. The fourth-order valence-corrected chi connectivity index (χ4v) is 6.91. The number of aromatic nitrogens is 3. The lowest BCUT2D eigenvalue weighted by Gasteiger charge is -2.43. The summed E-state index contributed by atoms with van der Waals surface area (Å²) >= 11 is 0. The number of alkyl halides is 3. The van der Waals surface area contributed by atoms with E-state index in [0.29, 0.717) is 19.3 Å². The first-order chi connectivity index (χ1) is 18.9. The fraction of sp³-hybridized carbons (Fsp3) is 0.593. The number of nitrogens with zero attached hydrogens (tertiary/aromatic N) is 4. The summed E-state index contributed by atoms with van der Waals surface area (Å²) in [6, 6.07) is 4.52. The van der Waals surface area contributed by atoms with Crippen LogP contribution < -0.4 is 10.5 Å². The lowest BCUT2D eigenvalue weighted by Crippen LogP contribution is -2.52. The largest absolute Gasteiger partial charge is 0.481 e. The molecule has 13 heteroatoms. The van der Waals surface area contributed by atoms with E-state index in [9.17, 15) is 27.2 Å². The monoisotopic (exact) mass is 562 g/mol. The first-order valence-corrected chi connectivity index (χ1v) is 13.2. The number of methoxy groups -OCH3 is 1. The lowest BCUT2D eigenvalue weighted by molar-refractivity contribution is -0.236. The van der Waals surface area contributed by atoms with Gasteiger partial charge in [0.25, 0.3) is 5.91 Å². The van der Waals surface area contributed by atoms with Crippen LogP contribution in [-0.2, 0) is 4.79 Å². The number of rotatable bonds is 6. The third-order valence-corrected chi connectivity index (χ3v) is 9.29. The Bertz CT molecular complexity index is 1350. The number of carbonyl (C=O) groups excluding carboxylic acids is 2. The average Bonchev–Trinajstić information content (AvgIpc) is 3.39. The first kappa shape index (κ1) is 27.9. The molecule has 3 fully saturated rings. The average molecular weight is 563 g/mol. The number of primary amides is 1. The Morgan fingerprint density at radius 1 is 1.25 bits per heavy atom. The first-order valence-electron chi connectivity index (χ1n) is 13.2. The summed E-state index contributed by atoms with van der Waals surface area (Å²) in [6.45, 7) is 0.252. The molecule has 9 nitrogen and oxygen atoms in total. The van der Waals surface area contributed by atoms with Crippen LogP contribution >= 0.6 is 0 Å². The Kier molecular flexibility index (Phi) is 7.00. The minimum Gasteiger partial charge on any atom is -0.481 e. The van der Waals surface area contributed by atoms with Gasteiger partial charge >= 0.3 is 6.18 Å². The number of nitrogens with two attached hydrogens (primary N) is 1. The highest BCUT2D eigenvalue weighted by atomic mass is 19.4. The Morgan fingerprint density at radius 3 is 2.60 bits per heavy atom. The molecule has 3 N–H and O–H groups in total. The van der Waals surface area contributed by atoms with Gasteiger partial charge in [0.2, 0.25) is 11.8 Å². The van der Waals surface area contributed by atoms with Crippen LogP contribution in [0.1, 0.15) is 61.9 Å². The molecular weight excluding hydrogens is 532 g/mol. The van der Waals surface area contributed by atoms with Gasteiger partial charge in [-0.1, -0.05) is 0 Å². The van der Waals surface area contributed by atoms with E-state index in [4.69, 9.17) is 15.7 Å². The standard InChI is InChI=1S/C27H30F4N6O3/c1-40-22-10-17(19(28)14-34-22)20-11-21(36-35-20)24(39)37-9-4-16(23(33)38)12-26(37)13-18(26)15-2-5-25(6-3-15,7-8-32)27(29,30)31/h10-11,14-16,18H,2-7,9,12-13H2,1H3,(H2,33,38)(H,35,36). The van der Waals surface area contributed by atoms with Crippen LogP contribution in [0.25, 0.3) is 11.3 Å². The topological polar surface area (TPSA) is 138 Å². The van der Waals surface area contributed by atoms with Gasteiger partial charge < -0.3 is 15.4 Å². The number of hydrogen-bond acceptors (Lipinski definition) is 6. The molecule has 3 heterocycles. The third kappa shape index (κ3) is 4.67. The number of halogens is 4. The Labute approximate surface area is 228 Å². The zero-order valence-corrected chi connectivity index (χ0v) is 21.9. The molecule has 0 radical (unpaired) electrons. The predicted octanol–water partition coefficient (Wildman–Crippen LogP) is 4.37. The molecule has 214 valence electrons. The molecule has 5 rings (SSSR count). The van der Waals surface area contributed by atoms with Gasteiger partial charge in [-0.25, -0.2) is 9.37 Å². The van der Waals surface area contributed by atoms with Crippen LogP contribution in [0.3, 0.4) is 0 Å². The van der Waals surface area contributed by atoms with Gasteiger partial charge in [-0.3, -0.25) is 14.7 Å². The van der Waals surface area contributed by atoms with Crippen molar-refractivity contribution in [2.24, 2.45) is 28.9 Å². The number of aromatic amines is 1. The van der Waals surface area contributed by atoms with Crippen molar-refractivity contribution in [3.8, 4) is 23.2 Å². The van der Waals surface area contributed by atoms with E-state index < -0.39 is 41.2 Å². The highest BCUT2D eigenvalue weighted by Crippen LogP contribution is 2.63. The van der Waals surface area contributed by atoms with Crippen LogP contribution in [0.4, 0.5) is 17.6 Å². The molecule has 1 spiro atoms. The molecule has 2 aromatic heterocycles. The Hall–Kier alpha value is -3.69. The molecule has 0 aromatic carbocycles. The third-order valence-electron chi connectivity index (χ3n) is 9.29. The van der Waals surface area contributed by atoms with Crippen molar-refractivity contribution in [3.05, 3.63) is 29.8 Å². The van der Waals surface area contributed by atoms with Crippen molar-refractivity contribution in [3.63, 3.8) is 0 Å². The maximum atomic E-state index is 14.4. The summed E-state index contributed by atoms with van der Waals surface area (Å²) in [5.41, 5.74) is 3.33. The van der Waals surface area contributed by atoms with Gasteiger partial charge in [-0.05, 0) is 62.8 Å². The fourth-order valence-electron chi connectivity index (χ4n) is 6.91. The molecule has 1 aliphatic heterocycles. The second-order valence-electron chi connectivity index (χ2n) is 11.3. The zero-order valence-electron chi connectivity index (χ0n) is 21.9. The van der Waals surface area contributed by atoms with E-state index in [1.165, 1.54) is 19.2 Å². The molecule has 3 unspecified atom stereocenters. The van der Waals surface area contributed by atoms with Crippen molar-refractivity contribution in [2.45, 2.75) is 63.1 Å². The summed E-state index contributed by atoms with van der Waals surface area (Å²) in [5.74, 6) is -1.91. The highest BCUT2D eigenvalue weighted by molar-refractivity contribution is 5.94. The van der Waals surface area contributed by atoms with Crippen LogP contribution in [0.5, 0.6) is 5.88 Å². The molecule has 2 amide bonds. The number of amides is 2. The summed E-state index contributed by atoms with van der Waals surface area (Å²) in [5, 5.41) is 15.9. The molecule has 3 atom stereocenters. The van der Waals surface area contributed by atoms with Crippen LogP contribution in [0.2, 0.25) is 0 Å². The maximum Gasteiger partial charge on any atom is 0.395 e. The summed E-state index contributed by atoms with van der Waals surface area (Å²) < 4.78 is 61.1.